The van der Waals surface area contributed by atoms with Crippen molar-refractivity contribution in [3.8, 4) is 0 Å². The van der Waals surface area contributed by atoms with Gasteiger partial charge in [0.15, 0.2) is 0 Å². The van der Waals surface area contributed by atoms with Crippen LogP contribution < -0.4 is 5.32 Å². The lowest BCUT2D eigenvalue weighted by atomic mass is 10.0. The van der Waals surface area contributed by atoms with Crippen molar-refractivity contribution in [2.45, 2.75) is 25.3 Å². The van der Waals surface area contributed by atoms with E-state index >= 15 is 0 Å². The molecule has 2 aliphatic rings. The Morgan fingerprint density at radius 2 is 1.79 bits per heavy atom. The minimum absolute atomic E-state index is 0.137. The van der Waals surface area contributed by atoms with Gasteiger partial charge in [0.25, 0.3) is 11.8 Å². The first-order valence-corrected chi connectivity index (χ1v) is 6.85. The van der Waals surface area contributed by atoms with Gasteiger partial charge in [-0.05, 0) is 37.9 Å². The Kier molecular flexibility index (Phi) is 3.11. The van der Waals surface area contributed by atoms with Gasteiger partial charge in [-0.25, -0.2) is 0 Å². The van der Waals surface area contributed by atoms with Crippen molar-refractivity contribution in [2.75, 3.05) is 13.6 Å². The number of fused-ring (bicyclic) bond motifs is 1. The van der Waals surface area contributed by atoms with E-state index in [0.717, 1.165) is 12.8 Å². The fraction of sp³-hybridized carbons (Fsp3) is 0.467. The van der Waals surface area contributed by atoms with Crippen LogP contribution in [0.2, 0.25) is 0 Å². The van der Waals surface area contributed by atoms with Crippen LogP contribution in [-0.2, 0) is 0 Å². The number of rotatable bonds is 3. The van der Waals surface area contributed by atoms with Crippen LogP contribution in [0.25, 0.3) is 0 Å². The number of hydrogen-bond acceptors (Lipinski definition) is 3. The normalized spacial score (nSPS) is 26.1. The second-order valence-corrected chi connectivity index (χ2v) is 5.35. The van der Waals surface area contributed by atoms with Crippen LogP contribution >= 0.6 is 0 Å². The monoisotopic (exact) mass is 258 g/mol. The third kappa shape index (κ3) is 1.96. The molecule has 1 saturated carbocycles. The van der Waals surface area contributed by atoms with Crippen molar-refractivity contribution >= 4 is 11.8 Å². The van der Waals surface area contributed by atoms with Gasteiger partial charge in [-0.3, -0.25) is 14.5 Å². The molecule has 1 fully saturated rings. The van der Waals surface area contributed by atoms with E-state index in [-0.39, 0.29) is 11.8 Å². The summed E-state index contributed by atoms with van der Waals surface area (Å²) in [7, 11) is 1.95. The second-order valence-electron chi connectivity index (χ2n) is 5.35. The molecular formula is C15H18N2O2. The van der Waals surface area contributed by atoms with Crippen molar-refractivity contribution in [1.29, 1.82) is 0 Å². The molecule has 1 heterocycles. The van der Waals surface area contributed by atoms with E-state index in [4.69, 9.17) is 0 Å². The average molecular weight is 258 g/mol. The highest BCUT2D eigenvalue weighted by Crippen LogP contribution is 2.30. The van der Waals surface area contributed by atoms with E-state index in [2.05, 4.69) is 5.32 Å². The quantitative estimate of drug-likeness (QED) is 0.839. The maximum Gasteiger partial charge on any atom is 0.261 e. The number of carbonyl (C=O) groups is 2. The van der Waals surface area contributed by atoms with Crippen LogP contribution in [0.4, 0.5) is 0 Å². The van der Waals surface area contributed by atoms with E-state index in [1.807, 2.05) is 7.05 Å². The van der Waals surface area contributed by atoms with Crippen molar-refractivity contribution in [3.63, 3.8) is 0 Å². The van der Waals surface area contributed by atoms with Gasteiger partial charge in [-0.2, -0.15) is 0 Å². The predicted octanol–water partition coefficient (Wildman–Crippen LogP) is 1.67. The highest BCUT2D eigenvalue weighted by atomic mass is 16.2. The molecule has 4 nitrogen and oxygen atoms in total. The molecule has 0 aromatic heterocycles. The smallest absolute Gasteiger partial charge is 0.261 e. The van der Waals surface area contributed by atoms with Crippen LogP contribution in [0.15, 0.2) is 24.3 Å². The Labute approximate surface area is 112 Å². The standard InChI is InChI=1S/C15H18N2O2/c1-16-13-8-4-5-10(13)9-17-14(18)11-6-2-3-7-12(11)15(17)19/h2-3,6-7,10,13,16H,4-5,8-9H2,1H3. The molecule has 2 unspecified atom stereocenters. The topological polar surface area (TPSA) is 49.4 Å². The number of imide groups is 1. The predicted molar refractivity (Wildman–Crippen MR) is 72.0 cm³/mol. The molecule has 19 heavy (non-hydrogen) atoms. The van der Waals surface area contributed by atoms with Gasteiger partial charge in [0.05, 0.1) is 11.1 Å². The third-order valence-electron chi connectivity index (χ3n) is 4.33. The molecule has 4 heteroatoms. The van der Waals surface area contributed by atoms with Crippen molar-refractivity contribution in [3.05, 3.63) is 35.4 Å². The maximum atomic E-state index is 12.3. The zero-order chi connectivity index (χ0) is 13.4. The van der Waals surface area contributed by atoms with Gasteiger partial charge in [-0.15, -0.1) is 0 Å². The van der Waals surface area contributed by atoms with E-state index in [1.54, 1.807) is 24.3 Å². The first-order chi connectivity index (χ1) is 9.22. The summed E-state index contributed by atoms with van der Waals surface area (Å²) in [6.45, 7) is 0.540. The Hall–Kier alpha value is -1.68. The zero-order valence-corrected chi connectivity index (χ0v) is 11.1. The summed E-state index contributed by atoms with van der Waals surface area (Å²) in [6.07, 6.45) is 3.38. The largest absolute Gasteiger partial charge is 0.317 e. The molecule has 1 aliphatic carbocycles. The number of benzene rings is 1. The van der Waals surface area contributed by atoms with Crippen molar-refractivity contribution in [2.24, 2.45) is 5.92 Å². The fourth-order valence-electron chi connectivity index (χ4n) is 3.27. The molecule has 3 rings (SSSR count). The Bertz CT molecular complexity index is 492. The van der Waals surface area contributed by atoms with Gasteiger partial charge in [-0.1, -0.05) is 18.6 Å². The van der Waals surface area contributed by atoms with Crippen LogP contribution in [0, 0.1) is 5.92 Å². The van der Waals surface area contributed by atoms with Crippen LogP contribution in [0.1, 0.15) is 40.0 Å². The summed E-state index contributed by atoms with van der Waals surface area (Å²) < 4.78 is 0. The zero-order valence-electron chi connectivity index (χ0n) is 11.1. The van der Waals surface area contributed by atoms with Gasteiger partial charge < -0.3 is 5.32 Å². The first kappa shape index (κ1) is 12.4. The summed E-state index contributed by atoms with van der Waals surface area (Å²) in [5.74, 6) is 0.108. The number of amides is 2. The van der Waals surface area contributed by atoms with E-state index in [1.165, 1.54) is 11.3 Å². The minimum Gasteiger partial charge on any atom is -0.317 e. The second kappa shape index (κ2) is 4.78. The summed E-state index contributed by atoms with van der Waals surface area (Å²) in [5.41, 5.74) is 1.10. The average Bonchev–Trinajstić information content (AvgIpc) is 2.98. The van der Waals surface area contributed by atoms with E-state index in [9.17, 15) is 9.59 Å². The van der Waals surface area contributed by atoms with E-state index in [0.29, 0.717) is 29.6 Å². The van der Waals surface area contributed by atoms with Crippen LogP contribution in [-0.4, -0.2) is 36.3 Å². The number of hydrogen-bond donors (Lipinski definition) is 1. The molecule has 2 atom stereocenters. The first-order valence-electron chi connectivity index (χ1n) is 6.85. The Balaban J connectivity index is 1.81. The summed E-state index contributed by atoms with van der Waals surface area (Å²) in [5, 5.41) is 3.29. The van der Waals surface area contributed by atoms with Crippen LogP contribution in [0.5, 0.6) is 0 Å². The fourth-order valence-corrected chi connectivity index (χ4v) is 3.27. The molecule has 0 radical (unpaired) electrons. The molecular weight excluding hydrogens is 240 g/mol. The molecule has 2 amide bonds. The molecule has 0 spiro atoms. The highest BCUT2D eigenvalue weighted by Gasteiger charge is 2.38. The van der Waals surface area contributed by atoms with Gasteiger partial charge >= 0.3 is 0 Å². The Morgan fingerprint density at radius 1 is 1.16 bits per heavy atom. The van der Waals surface area contributed by atoms with Gasteiger partial charge in [0.1, 0.15) is 0 Å². The molecule has 1 N–H and O–H groups in total. The summed E-state index contributed by atoms with van der Waals surface area (Å²) >= 11 is 0. The molecule has 0 saturated heterocycles. The lowest BCUT2D eigenvalue weighted by molar-refractivity contribution is 0.0623. The number of carbonyl (C=O) groups excluding carboxylic acids is 2. The minimum atomic E-state index is -0.137. The lowest BCUT2D eigenvalue weighted by Crippen LogP contribution is -2.40. The maximum absolute atomic E-state index is 12.3. The number of nitrogens with one attached hydrogen (secondary N) is 1. The molecule has 1 aromatic carbocycles. The third-order valence-corrected chi connectivity index (χ3v) is 4.33. The number of nitrogens with zero attached hydrogens (tertiary/aromatic N) is 1. The summed E-state index contributed by atoms with van der Waals surface area (Å²) in [6, 6.07) is 7.50. The molecule has 100 valence electrons. The molecule has 0 bridgehead atoms. The van der Waals surface area contributed by atoms with Crippen molar-refractivity contribution < 1.29 is 9.59 Å². The van der Waals surface area contributed by atoms with Gasteiger partial charge in [0, 0.05) is 12.6 Å². The van der Waals surface area contributed by atoms with E-state index < -0.39 is 0 Å². The summed E-state index contributed by atoms with van der Waals surface area (Å²) in [4.78, 5) is 26.0. The van der Waals surface area contributed by atoms with Gasteiger partial charge in [0.2, 0.25) is 0 Å². The molecule has 1 aliphatic heterocycles. The lowest BCUT2D eigenvalue weighted by Gasteiger charge is -2.23. The SMILES string of the molecule is CNC1CCCC1CN1C(=O)c2ccccc2C1=O. The van der Waals surface area contributed by atoms with Crippen LogP contribution in [0.3, 0.4) is 0 Å². The molecule has 1 aromatic rings. The van der Waals surface area contributed by atoms with Crippen molar-refractivity contribution in [1.82, 2.24) is 10.2 Å². The Morgan fingerprint density at radius 3 is 2.37 bits per heavy atom. The highest BCUT2D eigenvalue weighted by molar-refractivity contribution is 6.21.